The van der Waals surface area contributed by atoms with Crippen LogP contribution in [0.2, 0.25) is 5.02 Å². The van der Waals surface area contributed by atoms with Gasteiger partial charge in [-0.05, 0) is 48.6 Å². The van der Waals surface area contributed by atoms with E-state index in [0.29, 0.717) is 0 Å². The van der Waals surface area contributed by atoms with E-state index < -0.39 is 0 Å². The summed E-state index contributed by atoms with van der Waals surface area (Å²) >= 11 is 5.84. The fraction of sp³-hybridized carbons (Fsp3) is 0.235. The number of halogens is 1. The van der Waals surface area contributed by atoms with Crippen molar-refractivity contribution >= 4 is 17.5 Å². The number of hydrogen-bond acceptors (Lipinski definition) is 3. The zero-order valence-electron chi connectivity index (χ0n) is 11.8. The first-order chi connectivity index (χ1) is 10.6. The number of amides is 1. The zero-order valence-corrected chi connectivity index (χ0v) is 12.6. The van der Waals surface area contributed by atoms with Gasteiger partial charge in [0.05, 0.1) is 16.6 Å². The number of fused-ring (bicyclic) bond motifs is 1. The highest BCUT2D eigenvalue weighted by Gasteiger charge is 2.25. The SMILES string of the molecule is O=C(NC1CCCc2c(O)cccc21)c1cccc(Cl)c1O. The van der Waals surface area contributed by atoms with Gasteiger partial charge in [-0.3, -0.25) is 4.79 Å². The molecule has 22 heavy (non-hydrogen) atoms. The Bertz CT molecular complexity index is 730. The molecule has 5 heteroatoms. The van der Waals surface area contributed by atoms with Gasteiger partial charge in [-0.2, -0.15) is 0 Å². The summed E-state index contributed by atoms with van der Waals surface area (Å²) in [5, 5.41) is 22.9. The lowest BCUT2D eigenvalue weighted by Crippen LogP contribution is -2.31. The van der Waals surface area contributed by atoms with Crippen molar-refractivity contribution in [3.05, 3.63) is 58.1 Å². The van der Waals surface area contributed by atoms with Crippen molar-refractivity contribution in [3.8, 4) is 11.5 Å². The molecule has 2 aromatic rings. The number of phenolic OH excluding ortho intramolecular Hbond substituents is 2. The van der Waals surface area contributed by atoms with Crippen LogP contribution in [0.1, 0.15) is 40.4 Å². The largest absolute Gasteiger partial charge is 0.508 e. The molecular formula is C17H16ClNO3. The fourth-order valence-corrected chi connectivity index (χ4v) is 3.09. The Morgan fingerprint density at radius 2 is 1.95 bits per heavy atom. The van der Waals surface area contributed by atoms with Gasteiger partial charge in [0.1, 0.15) is 11.5 Å². The summed E-state index contributed by atoms with van der Waals surface area (Å²) in [6, 6.07) is 9.85. The average Bonchev–Trinajstić information content (AvgIpc) is 2.51. The Morgan fingerprint density at radius 1 is 1.18 bits per heavy atom. The first-order valence-corrected chi connectivity index (χ1v) is 7.55. The van der Waals surface area contributed by atoms with E-state index in [1.54, 1.807) is 18.2 Å². The van der Waals surface area contributed by atoms with Crippen molar-refractivity contribution < 1.29 is 15.0 Å². The molecule has 0 bridgehead atoms. The molecule has 114 valence electrons. The molecule has 0 spiro atoms. The quantitative estimate of drug-likeness (QED) is 0.793. The maximum atomic E-state index is 12.4. The van der Waals surface area contributed by atoms with Gasteiger partial charge in [-0.1, -0.05) is 29.8 Å². The average molecular weight is 318 g/mol. The van der Waals surface area contributed by atoms with E-state index >= 15 is 0 Å². The van der Waals surface area contributed by atoms with Crippen LogP contribution in [-0.2, 0) is 6.42 Å². The van der Waals surface area contributed by atoms with E-state index in [0.717, 1.165) is 30.4 Å². The van der Waals surface area contributed by atoms with Crippen LogP contribution in [-0.4, -0.2) is 16.1 Å². The predicted octanol–water partition coefficient (Wildman–Crippen LogP) is 3.56. The number of carbonyl (C=O) groups excluding carboxylic acids is 1. The summed E-state index contributed by atoms with van der Waals surface area (Å²) in [6.07, 6.45) is 2.48. The van der Waals surface area contributed by atoms with E-state index in [1.165, 1.54) is 12.1 Å². The monoisotopic (exact) mass is 317 g/mol. The highest BCUT2D eigenvalue weighted by atomic mass is 35.5. The van der Waals surface area contributed by atoms with Crippen LogP contribution in [0, 0.1) is 0 Å². The topological polar surface area (TPSA) is 69.6 Å². The number of para-hydroxylation sites is 1. The minimum Gasteiger partial charge on any atom is -0.508 e. The third-order valence-corrected chi connectivity index (χ3v) is 4.32. The van der Waals surface area contributed by atoms with Crippen molar-refractivity contribution in [2.45, 2.75) is 25.3 Å². The molecule has 0 aromatic heterocycles. The van der Waals surface area contributed by atoms with Gasteiger partial charge in [-0.15, -0.1) is 0 Å². The molecule has 0 heterocycles. The standard InChI is InChI=1S/C17H16ClNO3/c18-13-7-1-6-12(16(13)21)17(22)19-14-8-2-5-11-10(14)4-3-9-15(11)20/h1,3-4,6-7,9,14,20-21H,2,5,8H2,(H,19,22). The van der Waals surface area contributed by atoms with Crippen LogP contribution < -0.4 is 5.32 Å². The maximum Gasteiger partial charge on any atom is 0.255 e. The first-order valence-electron chi connectivity index (χ1n) is 7.17. The van der Waals surface area contributed by atoms with Gasteiger partial charge in [-0.25, -0.2) is 0 Å². The van der Waals surface area contributed by atoms with E-state index in [1.807, 2.05) is 6.07 Å². The zero-order chi connectivity index (χ0) is 15.7. The van der Waals surface area contributed by atoms with Crippen molar-refractivity contribution in [2.24, 2.45) is 0 Å². The maximum absolute atomic E-state index is 12.4. The molecule has 0 fully saturated rings. The van der Waals surface area contributed by atoms with Crippen molar-refractivity contribution in [1.29, 1.82) is 0 Å². The van der Waals surface area contributed by atoms with E-state index in [9.17, 15) is 15.0 Å². The van der Waals surface area contributed by atoms with E-state index in [2.05, 4.69) is 5.32 Å². The second-order valence-electron chi connectivity index (χ2n) is 5.40. The summed E-state index contributed by atoms with van der Waals surface area (Å²) in [5.41, 5.74) is 1.97. The van der Waals surface area contributed by atoms with Crippen LogP contribution in [0.4, 0.5) is 0 Å². The summed E-state index contributed by atoms with van der Waals surface area (Å²) in [7, 11) is 0. The van der Waals surface area contributed by atoms with E-state index in [4.69, 9.17) is 11.6 Å². The van der Waals surface area contributed by atoms with Crippen molar-refractivity contribution in [3.63, 3.8) is 0 Å². The van der Waals surface area contributed by atoms with E-state index in [-0.39, 0.29) is 34.0 Å². The molecule has 0 saturated carbocycles. The van der Waals surface area contributed by atoms with Gasteiger partial charge in [0, 0.05) is 0 Å². The summed E-state index contributed by atoms with van der Waals surface area (Å²) < 4.78 is 0. The number of phenols is 2. The number of hydrogen-bond donors (Lipinski definition) is 3. The molecule has 1 amide bonds. The van der Waals surface area contributed by atoms with Crippen LogP contribution in [0.15, 0.2) is 36.4 Å². The molecule has 0 radical (unpaired) electrons. The first kappa shape index (κ1) is 14.7. The molecule has 1 aliphatic rings. The molecule has 2 aromatic carbocycles. The molecule has 3 rings (SSSR count). The summed E-state index contributed by atoms with van der Waals surface area (Å²) in [4.78, 5) is 12.4. The third-order valence-electron chi connectivity index (χ3n) is 4.02. The van der Waals surface area contributed by atoms with Crippen LogP contribution >= 0.6 is 11.6 Å². The number of nitrogens with one attached hydrogen (secondary N) is 1. The number of benzene rings is 2. The molecule has 3 N–H and O–H groups in total. The Morgan fingerprint density at radius 3 is 2.77 bits per heavy atom. The molecule has 4 nitrogen and oxygen atoms in total. The minimum atomic E-state index is -0.374. The smallest absolute Gasteiger partial charge is 0.255 e. The number of aromatic hydroxyl groups is 2. The number of carbonyl (C=O) groups is 1. The normalized spacial score (nSPS) is 16.9. The van der Waals surface area contributed by atoms with Gasteiger partial charge in [0.15, 0.2) is 0 Å². The minimum absolute atomic E-state index is 0.148. The summed E-state index contributed by atoms with van der Waals surface area (Å²) in [5.74, 6) is -0.322. The van der Waals surface area contributed by atoms with Gasteiger partial charge in [0.2, 0.25) is 0 Å². The Labute approximate surface area is 133 Å². The highest BCUT2D eigenvalue weighted by Crippen LogP contribution is 2.35. The molecule has 1 atom stereocenters. The molecule has 0 aliphatic heterocycles. The van der Waals surface area contributed by atoms with Gasteiger partial charge >= 0.3 is 0 Å². The van der Waals surface area contributed by atoms with Crippen LogP contribution in [0.25, 0.3) is 0 Å². The Balaban J connectivity index is 1.87. The fourth-order valence-electron chi connectivity index (χ4n) is 2.91. The third kappa shape index (κ3) is 2.62. The van der Waals surface area contributed by atoms with Gasteiger partial charge < -0.3 is 15.5 Å². The van der Waals surface area contributed by atoms with Crippen LogP contribution in [0.5, 0.6) is 11.5 Å². The second-order valence-corrected chi connectivity index (χ2v) is 5.81. The van der Waals surface area contributed by atoms with Crippen molar-refractivity contribution in [2.75, 3.05) is 0 Å². The lowest BCUT2D eigenvalue weighted by Gasteiger charge is -2.27. The molecule has 0 saturated heterocycles. The molecule has 1 unspecified atom stereocenters. The molecule has 1 aliphatic carbocycles. The van der Waals surface area contributed by atoms with Gasteiger partial charge in [0.25, 0.3) is 5.91 Å². The predicted molar refractivity (Wildman–Crippen MR) is 84.4 cm³/mol. The lowest BCUT2D eigenvalue weighted by atomic mass is 9.87. The Kier molecular flexibility index (Phi) is 3.94. The Hall–Kier alpha value is -2.20. The lowest BCUT2D eigenvalue weighted by molar-refractivity contribution is 0.0930. The molecular weight excluding hydrogens is 302 g/mol. The van der Waals surface area contributed by atoms with Crippen LogP contribution in [0.3, 0.4) is 0 Å². The number of rotatable bonds is 2. The summed E-state index contributed by atoms with van der Waals surface area (Å²) in [6.45, 7) is 0. The highest BCUT2D eigenvalue weighted by molar-refractivity contribution is 6.32. The van der Waals surface area contributed by atoms with Crippen molar-refractivity contribution in [1.82, 2.24) is 5.32 Å². The second kappa shape index (κ2) is 5.89.